The largest absolute Gasteiger partial charge is 0.354 e. The highest BCUT2D eigenvalue weighted by Gasteiger charge is 2.41. The van der Waals surface area contributed by atoms with Crippen LogP contribution in [0.2, 0.25) is 5.02 Å². The molecule has 10 nitrogen and oxygen atoms in total. The van der Waals surface area contributed by atoms with Crippen molar-refractivity contribution in [3.8, 4) is 0 Å². The third kappa shape index (κ3) is 3.90. The maximum absolute atomic E-state index is 14.7. The van der Waals surface area contributed by atoms with Crippen LogP contribution in [-0.4, -0.2) is 78.0 Å². The van der Waals surface area contributed by atoms with E-state index in [0.717, 1.165) is 37.7 Å². The first-order chi connectivity index (χ1) is 17.5. The Morgan fingerprint density at radius 1 is 1.03 bits per heavy atom. The Morgan fingerprint density at radius 3 is 2.61 bits per heavy atom. The average Bonchev–Trinajstić information content (AvgIpc) is 3.37. The van der Waals surface area contributed by atoms with Crippen LogP contribution in [-0.2, 0) is 0 Å². The second-order valence-electron chi connectivity index (χ2n) is 8.80. The van der Waals surface area contributed by atoms with E-state index in [9.17, 15) is 9.18 Å². The summed E-state index contributed by atoms with van der Waals surface area (Å²) in [6, 6.07) is 8.19. The van der Waals surface area contributed by atoms with Crippen molar-refractivity contribution in [1.82, 2.24) is 19.9 Å². The lowest BCUT2D eigenvalue weighted by atomic mass is 10.1. The minimum Gasteiger partial charge on any atom is -0.354 e. The molecule has 12 heteroatoms. The molecule has 3 aromatic rings. The van der Waals surface area contributed by atoms with Crippen LogP contribution in [0.1, 0.15) is 10.4 Å². The summed E-state index contributed by atoms with van der Waals surface area (Å²) in [6.07, 6.45) is 3.18. The topological polar surface area (TPSA) is 93.1 Å². The summed E-state index contributed by atoms with van der Waals surface area (Å²) in [4.78, 5) is 38.9. The maximum atomic E-state index is 14.7. The molecule has 3 aliphatic heterocycles. The van der Waals surface area contributed by atoms with Gasteiger partial charge in [0, 0.05) is 38.9 Å². The lowest BCUT2D eigenvalue weighted by Gasteiger charge is -2.35. The van der Waals surface area contributed by atoms with E-state index < -0.39 is 11.7 Å². The molecule has 0 radical (unpaired) electrons. The second-order valence-corrected chi connectivity index (χ2v) is 9.20. The number of amides is 1. The quantitative estimate of drug-likeness (QED) is 0.576. The lowest BCUT2D eigenvalue weighted by Crippen LogP contribution is -2.51. The van der Waals surface area contributed by atoms with E-state index in [-0.39, 0.29) is 16.3 Å². The van der Waals surface area contributed by atoms with Crippen LogP contribution >= 0.6 is 11.6 Å². The Labute approximate surface area is 212 Å². The number of halogens is 2. The van der Waals surface area contributed by atoms with Crippen molar-refractivity contribution in [3.05, 3.63) is 59.1 Å². The molecule has 1 aromatic carbocycles. The molecule has 0 atom stereocenters. The zero-order chi connectivity index (χ0) is 24.8. The number of anilines is 5. The lowest BCUT2D eigenvalue weighted by molar-refractivity contribution is 0.0999. The van der Waals surface area contributed by atoms with Crippen LogP contribution in [0.15, 0.2) is 47.7 Å². The molecule has 3 aliphatic rings. The molecular weight excluding hydrogens is 485 g/mol. The zero-order valence-corrected chi connectivity index (χ0v) is 20.3. The van der Waals surface area contributed by atoms with Crippen molar-refractivity contribution < 1.29 is 9.18 Å². The fourth-order valence-electron chi connectivity index (χ4n) is 4.54. The summed E-state index contributed by atoms with van der Waals surface area (Å²) >= 11 is 6.27. The number of benzene rings is 1. The highest BCUT2D eigenvalue weighted by Crippen LogP contribution is 2.37. The molecule has 0 unspecified atom stereocenters. The number of aromatic nitrogens is 3. The van der Waals surface area contributed by atoms with Crippen LogP contribution in [0, 0.1) is 5.82 Å². The number of rotatable bonds is 4. The maximum Gasteiger partial charge on any atom is 0.270 e. The molecule has 5 heterocycles. The van der Waals surface area contributed by atoms with E-state index in [2.05, 4.69) is 42.1 Å². The first-order valence-electron chi connectivity index (χ1n) is 11.6. The van der Waals surface area contributed by atoms with Gasteiger partial charge in [-0.3, -0.25) is 14.7 Å². The summed E-state index contributed by atoms with van der Waals surface area (Å²) in [5, 5.41) is 3.28. The summed E-state index contributed by atoms with van der Waals surface area (Å²) in [6.45, 7) is 4.82. The molecule has 1 fully saturated rings. The summed E-state index contributed by atoms with van der Waals surface area (Å²) in [5.41, 5.74) is 0.934. The minimum atomic E-state index is -0.611. The van der Waals surface area contributed by atoms with Gasteiger partial charge in [-0.25, -0.2) is 19.3 Å². The first kappa shape index (κ1) is 22.6. The number of carbonyl (C=O) groups is 1. The Balaban J connectivity index is 1.27. The molecule has 184 valence electrons. The van der Waals surface area contributed by atoms with E-state index in [1.807, 2.05) is 12.1 Å². The SMILES string of the molecule is CN1CCN(c2ccc(Nc3ncc4c(n3)N3CCN=C3N(c3c(F)cccc3Cl)C4=O)cn2)CC1. The molecule has 0 spiro atoms. The number of nitrogens with one attached hydrogen (secondary N) is 1. The molecule has 1 amide bonds. The summed E-state index contributed by atoms with van der Waals surface area (Å²) < 4.78 is 14.7. The third-order valence-corrected chi connectivity index (χ3v) is 6.77. The Bertz CT molecular complexity index is 1340. The summed E-state index contributed by atoms with van der Waals surface area (Å²) in [7, 11) is 2.12. The molecule has 1 saturated heterocycles. The van der Waals surface area contributed by atoms with Gasteiger partial charge in [-0.15, -0.1) is 0 Å². The van der Waals surface area contributed by atoms with Gasteiger partial charge in [0.2, 0.25) is 11.9 Å². The molecule has 1 N–H and O–H groups in total. The van der Waals surface area contributed by atoms with E-state index >= 15 is 0 Å². The third-order valence-electron chi connectivity index (χ3n) is 6.47. The minimum absolute atomic E-state index is 0.0332. The number of aliphatic imine (C=N–C) groups is 1. The van der Waals surface area contributed by atoms with Crippen molar-refractivity contribution in [2.45, 2.75) is 0 Å². The van der Waals surface area contributed by atoms with E-state index in [1.165, 1.54) is 29.3 Å². The number of guanidine groups is 1. The average molecular weight is 508 g/mol. The fourth-order valence-corrected chi connectivity index (χ4v) is 4.79. The van der Waals surface area contributed by atoms with Crippen molar-refractivity contribution in [3.63, 3.8) is 0 Å². The molecule has 6 rings (SSSR count). The van der Waals surface area contributed by atoms with Gasteiger partial charge in [-0.2, -0.15) is 4.98 Å². The number of fused-ring (bicyclic) bond motifs is 3. The zero-order valence-electron chi connectivity index (χ0n) is 19.5. The van der Waals surface area contributed by atoms with Gasteiger partial charge < -0.3 is 15.1 Å². The second kappa shape index (κ2) is 8.99. The number of hydrogen-bond donors (Lipinski definition) is 1. The first-order valence-corrected chi connectivity index (χ1v) is 12.0. The Hall–Kier alpha value is -3.83. The smallest absolute Gasteiger partial charge is 0.270 e. The van der Waals surface area contributed by atoms with Crippen molar-refractivity contribution in [2.75, 3.05) is 66.3 Å². The molecule has 36 heavy (non-hydrogen) atoms. The fraction of sp³-hybridized carbons (Fsp3) is 0.292. The van der Waals surface area contributed by atoms with Crippen LogP contribution in [0.3, 0.4) is 0 Å². The van der Waals surface area contributed by atoms with Gasteiger partial charge in [0.05, 0.1) is 23.5 Å². The number of pyridine rings is 1. The van der Waals surface area contributed by atoms with Crippen molar-refractivity contribution >= 4 is 52.4 Å². The highest BCUT2D eigenvalue weighted by molar-refractivity contribution is 6.38. The van der Waals surface area contributed by atoms with Crippen LogP contribution in [0.4, 0.5) is 33.3 Å². The number of nitrogens with zero attached hydrogens (tertiary/aromatic N) is 8. The Morgan fingerprint density at radius 2 is 1.86 bits per heavy atom. The highest BCUT2D eigenvalue weighted by atomic mass is 35.5. The standard InChI is InChI=1S/C24H23ClFN9O/c1-32-9-11-33(12-10-32)19-6-5-15(13-28-19)30-23-29-14-16-21(31-23)34-8-7-27-24(34)35(22(16)36)20-17(25)3-2-4-18(20)26/h2-6,13-14H,7-12H2,1H3,(H,29,30,31). The van der Waals surface area contributed by atoms with E-state index in [1.54, 1.807) is 11.1 Å². The van der Waals surface area contributed by atoms with Crippen LogP contribution in [0.25, 0.3) is 0 Å². The number of para-hydroxylation sites is 1. The molecule has 0 bridgehead atoms. The van der Waals surface area contributed by atoms with Gasteiger partial charge in [0.15, 0.2) is 5.82 Å². The monoisotopic (exact) mass is 507 g/mol. The number of carbonyl (C=O) groups excluding carboxylic acids is 1. The Kier molecular flexibility index (Phi) is 5.65. The molecule has 0 saturated carbocycles. The molecular formula is C24H23ClFN9O. The van der Waals surface area contributed by atoms with Crippen molar-refractivity contribution in [1.29, 1.82) is 0 Å². The van der Waals surface area contributed by atoms with E-state index in [0.29, 0.717) is 30.8 Å². The van der Waals surface area contributed by atoms with Gasteiger partial charge >= 0.3 is 0 Å². The van der Waals surface area contributed by atoms with Gasteiger partial charge in [0.1, 0.15) is 22.9 Å². The molecule has 2 aromatic heterocycles. The number of likely N-dealkylation sites (N-methyl/N-ethyl adjacent to an activating group) is 1. The van der Waals surface area contributed by atoms with Crippen molar-refractivity contribution in [2.24, 2.45) is 4.99 Å². The predicted octanol–water partition coefficient (Wildman–Crippen LogP) is 3.00. The number of piperazine rings is 1. The predicted molar refractivity (Wildman–Crippen MR) is 137 cm³/mol. The van der Waals surface area contributed by atoms with Crippen LogP contribution < -0.4 is 20.0 Å². The van der Waals surface area contributed by atoms with Gasteiger partial charge in [0.25, 0.3) is 5.91 Å². The molecule has 0 aliphatic carbocycles. The summed E-state index contributed by atoms with van der Waals surface area (Å²) in [5.74, 6) is 0.857. The van der Waals surface area contributed by atoms with E-state index in [4.69, 9.17) is 11.6 Å². The number of hydrogen-bond acceptors (Lipinski definition) is 9. The van der Waals surface area contributed by atoms with Gasteiger partial charge in [-0.1, -0.05) is 17.7 Å². The normalized spacial score (nSPS) is 17.7. The van der Waals surface area contributed by atoms with Gasteiger partial charge in [-0.05, 0) is 31.3 Å². The van der Waals surface area contributed by atoms with Crippen LogP contribution in [0.5, 0.6) is 0 Å².